The Morgan fingerprint density at radius 3 is 2.52 bits per heavy atom. The van der Waals surface area contributed by atoms with Gasteiger partial charge in [-0.05, 0) is 50.0 Å². The Morgan fingerprint density at radius 2 is 2.00 bits per heavy atom. The molecule has 0 aliphatic carbocycles. The third-order valence-corrected chi connectivity index (χ3v) is 6.13. The average molecular weight is 387 g/mol. The predicted molar refractivity (Wildman–Crippen MR) is 87.5 cm³/mol. The van der Waals surface area contributed by atoms with E-state index in [0.717, 1.165) is 50.4 Å². The van der Waals surface area contributed by atoms with Crippen LogP contribution in [0.3, 0.4) is 0 Å². The van der Waals surface area contributed by atoms with E-state index in [0.29, 0.717) is 0 Å². The lowest BCUT2D eigenvalue weighted by Gasteiger charge is -2.22. The standard InChI is InChI=1S/C13H19FN2O4S2.ClH/c1-21(17,18)13-5-4-11(7-12(13)14)22(19,20)16-9-10-3-2-6-15-8-10;/h4-5,7,10,15-16H,2-3,6,8-9H2,1H3;1H. The van der Waals surface area contributed by atoms with Crippen LogP contribution in [0.1, 0.15) is 12.8 Å². The second-order valence-electron chi connectivity index (χ2n) is 5.43. The van der Waals surface area contributed by atoms with Crippen LogP contribution in [0.25, 0.3) is 0 Å². The second-order valence-corrected chi connectivity index (χ2v) is 9.18. The zero-order valence-corrected chi connectivity index (χ0v) is 15.0. The lowest BCUT2D eigenvalue weighted by molar-refractivity contribution is 0.376. The van der Waals surface area contributed by atoms with E-state index in [1.165, 1.54) is 0 Å². The van der Waals surface area contributed by atoms with Crippen molar-refractivity contribution in [3.63, 3.8) is 0 Å². The number of sulfone groups is 1. The molecule has 0 aromatic heterocycles. The van der Waals surface area contributed by atoms with Crippen LogP contribution in [0, 0.1) is 11.7 Å². The number of sulfonamides is 1. The van der Waals surface area contributed by atoms with Crippen molar-refractivity contribution >= 4 is 32.3 Å². The van der Waals surface area contributed by atoms with Gasteiger partial charge in [0, 0.05) is 12.8 Å². The van der Waals surface area contributed by atoms with E-state index in [1.54, 1.807) is 0 Å². The smallest absolute Gasteiger partial charge is 0.240 e. The Hall–Kier alpha value is -0.740. The summed E-state index contributed by atoms with van der Waals surface area (Å²) in [6.45, 7) is 1.94. The Kier molecular flexibility index (Phi) is 6.96. The van der Waals surface area contributed by atoms with Crippen molar-refractivity contribution in [1.82, 2.24) is 10.0 Å². The molecule has 1 saturated heterocycles. The fraction of sp³-hybridized carbons (Fsp3) is 0.538. The van der Waals surface area contributed by atoms with Gasteiger partial charge in [0.2, 0.25) is 10.0 Å². The maximum absolute atomic E-state index is 13.8. The molecule has 1 aromatic carbocycles. The number of halogens is 2. The van der Waals surface area contributed by atoms with E-state index < -0.39 is 30.6 Å². The maximum Gasteiger partial charge on any atom is 0.240 e. The highest BCUT2D eigenvalue weighted by Gasteiger charge is 2.21. The highest BCUT2D eigenvalue weighted by molar-refractivity contribution is 7.90. The van der Waals surface area contributed by atoms with Gasteiger partial charge >= 0.3 is 0 Å². The highest BCUT2D eigenvalue weighted by Crippen LogP contribution is 2.19. The monoisotopic (exact) mass is 386 g/mol. The normalized spacial score (nSPS) is 19.1. The molecule has 2 N–H and O–H groups in total. The van der Waals surface area contributed by atoms with Gasteiger partial charge in [-0.1, -0.05) is 0 Å². The molecule has 0 amide bonds. The van der Waals surface area contributed by atoms with Gasteiger partial charge in [0.25, 0.3) is 0 Å². The number of rotatable bonds is 5. The summed E-state index contributed by atoms with van der Waals surface area (Å²) in [5.74, 6) is -0.867. The first-order chi connectivity index (χ1) is 10.2. The van der Waals surface area contributed by atoms with Gasteiger partial charge in [-0.3, -0.25) is 0 Å². The van der Waals surface area contributed by atoms with Crippen LogP contribution in [-0.2, 0) is 19.9 Å². The van der Waals surface area contributed by atoms with Crippen molar-refractivity contribution in [2.24, 2.45) is 5.92 Å². The number of hydrogen-bond donors (Lipinski definition) is 2. The molecule has 1 aromatic rings. The molecule has 6 nitrogen and oxygen atoms in total. The fourth-order valence-electron chi connectivity index (χ4n) is 2.36. The minimum absolute atomic E-state index is 0. The molecule has 1 unspecified atom stereocenters. The summed E-state index contributed by atoms with van der Waals surface area (Å²) in [6.07, 6.45) is 2.79. The summed E-state index contributed by atoms with van der Waals surface area (Å²) in [5.41, 5.74) is 0. The molecule has 0 radical (unpaired) electrons. The van der Waals surface area contributed by atoms with Crippen molar-refractivity contribution < 1.29 is 21.2 Å². The molecule has 1 aliphatic heterocycles. The van der Waals surface area contributed by atoms with Crippen molar-refractivity contribution in [3.05, 3.63) is 24.0 Å². The van der Waals surface area contributed by atoms with Gasteiger partial charge in [-0.15, -0.1) is 12.4 Å². The van der Waals surface area contributed by atoms with E-state index >= 15 is 0 Å². The van der Waals surface area contributed by atoms with E-state index in [4.69, 9.17) is 0 Å². The minimum atomic E-state index is -3.86. The van der Waals surface area contributed by atoms with Crippen LogP contribution in [0.5, 0.6) is 0 Å². The third kappa shape index (κ3) is 5.39. The summed E-state index contributed by atoms with van der Waals surface area (Å²) in [5, 5.41) is 3.18. The predicted octanol–water partition coefficient (Wildman–Crippen LogP) is 0.929. The summed E-state index contributed by atoms with van der Waals surface area (Å²) in [6, 6.07) is 2.81. The van der Waals surface area contributed by atoms with Crippen molar-refractivity contribution in [1.29, 1.82) is 0 Å². The van der Waals surface area contributed by atoms with Crippen molar-refractivity contribution in [3.8, 4) is 0 Å². The molecular weight excluding hydrogens is 367 g/mol. The average Bonchev–Trinajstić information content (AvgIpc) is 2.45. The van der Waals surface area contributed by atoms with Crippen LogP contribution in [0.2, 0.25) is 0 Å². The van der Waals surface area contributed by atoms with E-state index in [-0.39, 0.29) is 29.8 Å². The largest absolute Gasteiger partial charge is 0.316 e. The van der Waals surface area contributed by atoms with Crippen LogP contribution in [0.4, 0.5) is 4.39 Å². The molecule has 0 spiro atoms. The van der Waals surface area contributed by atoms with E-state index in [1.807, 2.05) is 0 Å². The summed E-state index contributed by atoms with van der Waals surface area (Å²) >= 11 is 0. The number of nitrogens with one attached hydrogen (secondary N) is 2. The first kappa shape index (κ1) is 20.3. The molecule has 1 fully saturated rings. The fourth-order valence-corrected chi connectivity index (χ4v) is 4.21. The minimum Gasteiger partial charge on any atom is -0.316 e. The van der Waals surface area contributed by atoms with Crippen molar-refractivity contribution in [2.45, 2.75) is 22.6 Å². The lowest BCUT2D eigenvalue weighted by atomic mass is 10.0. The van der Waals surface area contributed by atoms with Gasteiger partial charge in [0.15, 0.2) is 9.84 Å². The third-order valence-electron chi connectivity index (χ3n) is 3.57. The number of benzene rings is 1. The molecule has 10 heteroatoms. The van der Waals surface area contributed by atoms with Crippen LogP contribution in [0.15, 0.2) is 28.0 Å². The Labute approximate surface area is 142 Å². The SMILES string of the molecule is CS(=O)(=O)c1ccc(S(=O)(=O)NCC2CCCNC2)cc1F.Cl. The zero-order valence-electron chi connectivity index (χ0n) is 12.6. The molecule has 2 rings (SSSR count). The van der Waals surface area contributed by atoms with Crippen molar-refractivity contribution in [2.75, 3.05) is 25.9 Å². The maximum atomic E-state index is 13.8. The van der Waals surface area contributed by atoms with Gasteiger partial charge < -0.3 is 5.32 Å². The Morgan fingerprint density at radius 1 is 1.30 bits per heavy atom. The first-order valence-corrected chi connectivity index (χ1v) is 10.3. The molecule has 0 bridgehead atoms. The van der Waals surface area contributed by atoms with E-state index in [2.05, 4.69) is 10.0 Å². The summed E-state index contributed by atoms with van der Waals surface area (Å²) in [4.78, 5) is -0.788. The number of hydrogen-bond acceptors (Lipinski definition) is 5. The molecular formula is C13H20ClFN2O4S2. The van der Waals surface area contributed by atoms with Crippen LogP contribution in [-0.4, -0.2) is 42.7 Å². The van der Waals surface area contributed by atoms with Crippen LogP contribution < -0.4 is 10.0 Å². The first-order valence-electron chi connectivity index (χ1n) is 6.90. The second kappa shape index (κ2) is 7.89. The molecule has 23 heavy (non-hydrogen) atoms. The summed E-state index contributed by atoms with van der Waals surface area (Å²) < 4.78 is 63.2. The number of piperidine rings is 1. The molecule has 1 heterocycles. The molecule has 0 saturated carbocycles. The van der Waals surface area contributed by atoms with Gasteiger partial charge in [-0.25, -0.2) is 25.9 Å². The van der Waals surface area contributed by atoms with Gasteiger partial charge in [-0.2, -0.15) is 0 Å². The highest BCUT2D eigenvalue weighted by atomic mass is 35.5. The Bertz CT molecular complexity index is 747. The summed E-state index contributed by atoms with van der Waals surface area (Å²) in [7, 11) is -7.58. The quantitative estimate of drug-likeness (QED) is 0.785. The zero-order chi connectivity index (χ0) is 16.4. The van der Waals surface area contributed by atoms with E-state index in [9.17, 15) is 21.2 Å². The Balaban J connectivity index is 0.00000264. The lowest BCUT2D eigenvalue weighted by Crippen LogP contribution is -2.38. The van der Waals surface area contributed by atoms with Gasteiger partial charge in [0.05, 0.1) is 4.90 Å². The van der Waals surface area contributed by atoms with Gasteiger partial charge in [0.1, 0.15) is 10.7 Å². The topological polar surface area (TPSA) is 92.3 Å². The molecule has 132 valence electrons. The van der Waals surface area contributed by atoms with Crippen LogP contribution >= 0.6 is 12.4 Å². The molecule has 1 aliphatic rings. The molecule has 1 atom stereocenters.